The van der Waals surface area contributed by atoms with Gasteiger partial charge in [-0.05, 0) is 37.1 Å². The first-order valence-corrected chi connectivity index (χ1v) is 10.6. The molecule has 0 saturated carbocycles. The molecule has 1 unspecified atom stereocenters. The van der Waals surface area contributed by atoms with E-state index in [1.54, 1.807) is 23.0 Å². The summed E-state index contributed by atoms with van der Waals surface area (Å²) in [6, 6.07) is 15.3. The van der Waals surface area contributed by atoms with E-state index >= 15 is 0 Å². The number of amides is 1. The summed E-state index contributed by atoms with van der Waals surface area (Å²) >= 11 is 0. The van der Waals surface area contributed by atoms with Crippen molar-refractivity contribution < 1.29 is 18.5 Å². The first-order valence-electron chi connectivity index (χ1n) is 10.6. The van der Waals surface area contributed by atoms with Crippen LogP contribution in [0.1, 0.15) is 35.0 Å². The quantitative estimate of drug-likeness (QED) is 0.344. The minimum Gasteiger partial charge on any atom is -0.339 e. The van der Waals surface area contributed by atoms with Crippen LogP contribution in [0, 0.1) is 5.82 Å². The van der Waals surface area contributed by atoms with Crippen LogP contribution in [0.3, 0.4) is 0 Å². The highest BCUT2D eigenvalue weighted by Crippen LogP contribution is 2.28. The number of benzene rings is 2. The number of hydrogen-bond acceptors (Lipinski definition) is 6. The van der Waals surface area contributed by atoms with E-state index in [1.807, 2.05) is 30.3 Å². The van der Waals surface area contributed by atoms with Gasteiger partial charge in [0, 0.05) is 24.8 Å². The number of carbonyl (C=O) groups excluding carboxylic acids is 2. The Morgan fingerprint density at radius 3 is 2.76 bits per heavy atom. The van der Waals surface area contributed by atoms with Crippen LogP contribution in [0.5, 0.6) is 0 Å². The summed E-state index contributed by atoms with van der Waals surface area (Å²) in [5.74, 6) is -1.12. The molecule has 0 aliphatic carbocycles. The van der Waals surface area contributed by atoms with Gasteiger partial charge in [-0.2, -0.15) is 10.1 Å². The summed E-state index contributed by atoms with van der Waals surface area (Å²) in [6.45, 7) is 0.765. The zero-order chi connectivity index (χ0) is 22.8. The first kappa shape index (κ1) is 20.7. The van der Waals surface area contributed by atoms with E-state index in [9.17, 15) is 14.0 Å². The van der Waals surface area contributed by atoms with Crippen molar-refractivity contribution >= 4 is 11.7 Å². The molecule has 1 fully saturated rings. The Bertz CT molecular complexity index is 1300. The van der Waals surface area contributed by atoms with Crippen LogP contribution in [-0.2, 0) is 4.79 Å². The van der Waals surface area contributed by atoms with Crippen LogP contribution in [0.15, 0.2) is 71.5 Å². The Kier molecular flexibility index (Phi) is 5.52. The summed E-state index contributed by atoms with van der Waals surface area (Å²) in [5.41, 5.74) is 1.55. The van der Waals surface area contributed by atoms with Gasteiger partial charge in [0.25, 0.3) is 11.7 Å². The molecule has 1 aliphatic rings. The van der Waals surface area contributed by atoms with Gasteiger partial charge in [0.15, 0.2) is 0 Å². The molecule has 0 radical (unpaired) electrons. The fourth-order valence-corrected chi connectivity index (χ4v) is 3.94. The standard InChI is InChI=1S/C24H20FN5O3/c25-19-8-4-6-16(12-19)22-27-23(33-28-22)17-7-5-11-29(14-17)24(32)21(31)18-13-26-30(15-18)20-9-2-1-3-10-20/h1-4,6,8-10,12-13,15,17H,5,7,11,14H2. The molecule has 4 aromatic rings. The zero-order valence-corrected chi connectivity index (χ0v) is 17.6. The van der Waals surface area contributed by atoms with Crippen LogP contribution in [0.4, 0.5) is 4.39 Å². The fourth-order valence-electron chi connectivity index (χ4n) is 3.94. The second-order valence-electron chi connectivity index (χ2n) is 7.90. The fraction of sp³-hybridized carbons (Fsp3) is 0.208. The highest BCUT2D eigenvalue weighted by atomic mass is 19.1. The summed E-state index contributed by atoms with van der Waals surface area (Å²) in [4.78, 5) is 31.7. The number of hydrogen-bond donors (Lipinski definition) is 0. The second kappa shape index (κ2) is 8.78. The largest absolute Gasteiger partial charge is 0.339 e. The molecule has 0 N–H and O–H groups in total. The predicted octanol–water partition coefficient (Wildman–Crippen LogP) is 3.65. The topological polar surface area (TPSA) is 94.1 Å². The van der Waals surface area contributed by atoms with Crippen LogP contribution in [0.2, 0.25) is 0 Å². The third-order valence-corrected chi connectivity index (χ3v) is 5.64. The van der Waals surface area contributed by atoms with Gasteiger partial charge in [0.1, 0.15) is 5.82 Å². The van der Waals surface area contributed by atoms with Crippen molar-refractivity contribution in [2.24, 2.45) is 0 Å². The van der Waals surface area contributed by atoms with Crippen LogP contribution >= 0.6 is 0 Å². The summed E-state index contributed by atoms with van der Waals surface area (Å²) in [5, 5.41) is 8.15. The van der Waals surface area contributed by atoms with E-state index in [-0.39, 0.29) is 23.1 Å². The highest BCUT2D eigenvalue weighted by Gasteiger charge is 2.32. The summed E-state index contributed by atoms with van der Waals surface area (Å²) in [7, 11) is 0. The lowest BCUT2D eigenvalue weighted by atomic mass is 9.97. The monoisotopic (exact) mass is 445 g/mol. The smallest absolute Gasteiger partial charge is 0.295 e. The number of carbonyl (C=O) groups is 2. The molecule has 1 saturated heterocycles. The molecule has 3 heterocycles. The maximum absolute atomic E-state index is 13.5. The number of ketones is 1. The molecule has 2 aromatic carbocycles. The van der Waals surface area contributed by atoms with Gasteiger partial charge in [0.05, 0.1) is 23.4 Å². The molecular weight excluding hydrogens is 425 g/mol. The van der Waals surface area contributed by atoms with Crippen molar-refractivity contribution in [3.05, 3.63) is 84.3 Å². The predicted molar refractivity (Wildman–Crippen MR) is 116 cm³/mol. The van der Waals surface area contributed by atoms with Crippen molar-refractivity contribution in [1.29, 1.82) is 0 Å². The van der Waals surface area contributed by atoms with E-state index in [0.29, 0.717) is 31.0 Å². The average molecular weight is 445 g/mol. The number of para-hydroxylation sites is 1. The van der Waals surface area contributed by atoms with Gasteiger partial charge in [-0.3, -0.25) is 9.59 Å². The van der Waals surface area contributed by atoms with Crippen molar-refractivity contribution in [3.63, 3.8) is 0 Å². The van der Waals surface area contributed by atoms with Gasteiger partial charge in [-0.15, -0.1) is 0 Å². The number of piperidine rings is 1. The zero-order valence-electron chi connectivity index (χ0n) is 17.6. The lowest BCUT2D eigenvalue weighted by molar-refractivity contribution is -0.127. The normalized spacial score (nSPS) is 16.0. The Morgan fingerprint density at radius 1 is 1.09 bits per heavy atom. The Balaban J connectivity index is 1.28. The molecule has 2 aromatic heterocycles. The van der Waals surface area contributed by atoms with Gasteiger partial charge in [-0.1, -0.05) is 35.5 Å². The lowest BCUT2D eigenvalue weighted by Gasteiger charge is -2.30. The molecule has 9 heteroatoms. The number of aromatic nitrogens is 4. The SMILES string of the molecule is O=C(C(=O)N1CCCC(c2nc(-c3cccc(F)c3)no2)C1)c1cnn(-c2ccccc2)c1. The van der Waals surface area contributed by atoms with Crippen LogP contribution in [0.25, 0.3) is 17.1 Å². The van der Waals surface area contributed by atoms with E-state index in [1.165, 1.54) is 23.2 Å². The maximum atomic E-state index is 13.5. The van der Waals surface area contributed by atoms with Crippen molar-refractivity contribution in [1.82, 2.24) is 24.8 Å². The Morgan fingerprint density at radius 2 is 1.94 bits per heavy atom. The number of rotatable bonds is 5. The van der Waals surface area contributed by atoms with Crippen molar-refractivity contribution in [3.8, 4) is 17.1 Å². The molecule has 166 valence electrons. The van der Waals surface area contributed by atoms with Gasteiger partial charge in [-0.25, -0.2) is 9.07 Å². The third-order valence-electron chi connectivity index (χ3n) is 5.64. The number of likely N-dealkylation sites (tertiary alicyclic amines) is 1. The number of Topliss-reactive ketones (excluding diaryl/α,β-unsaturated/α-hetero) is 1. The summed E-state index contributed by atoms with van der Waals surface area (Å²) in [6.07, 6.45) is 4.40. The maximum Gasteiger partial charge on any atom is 0.295 e. The Labute approximate surface area is 188 Å². The molecule has 1 atom stereocenters. The minimum atomic E-state index is -0.608. The van der Waals surface area contributed by atoms with Crippen LogP contribution < -0.4 is 0 Å². The van der Waals surface area contributed by atoms with E-state index < -0.39 is 11.7 Å². The summed E-state index contributed by atoms with van der Waals surface area (Å²) < 4.78 is 20.5. The molecule has 33 heavy (non-hydrogen) atoms. The second-order valence-corrected chi connectivity index (χ2v) is 7.90. The molecule has 1 aliphatic heterocycles. The van der Waals surface area contributed by atoms with E-state index in [4.69, 9.17) is 4.52 Å². The van der Waals surface area contributed by atoms with Gasteiger partial charge in [0.2, 0.25) is 11.7 Å². The van der Waals surface area contributed by atoms with Gasteiger partial charge < -0.3 is 9.42 Å². The minimum absolute atomic E-state index is 0.197. The number of halogens is 1. The third kappa shape index (κ3) is 4.30. The number of nitrogens with zero attached hydrogens (tertiary/aromatic N) is 5. The van der Waals surface area contributed by atoms with Crippen LogP contribution in [-0.4, -0.2) is 49.6 Å². The average Bonchev–Trinajstić information content (AvgIpc) is 3.54. The molecule has 0 bridgehead atoms. The van der Waals surface area contributed by atoms with Crippen molar-refractivity contribution in [2.45, 2.75) is 18.8 Å². The Hall–Kier alpha value is -4.14. The first-order chi connectivity index (χ1) is 16.1. The molecule has 1 amide bonds. The van der Waals surface area contributed by atoms with E-state index in [0.717, 1.165) is 12.1 Å². The molecule has 5 rings (SSSR count). The van der Waals surface area contributed by atoms with Gasteiger partial charge >= 0.3 is 0 Å². The highest BCUT2D eigenvalue weighted by molar-refractivity contribution is 6.42. The lowest BCUT2D eigenvalue weighted by Crippen LogP contribution is -2.42. The molecule has 0 spiro atoms. The molecular formula is C24H20FN5O3. The van der Waals surface area contributed by atoms with Crippen molar-refractivity contribution in [2.75, 3.05) is 13.1 Å². The molecule has 8 nitrogen and oxygen atoms in total. The van der Waals surface area contributed by atoms with E-state index in [2.05, 4.69) is 15.2 Å².